The van der Waals surface area contributed by atoms with E-state index in [1.807, 2.05) is 4.90 Å². The average molecular weight is 265 g/mol. The van der Waals surface area contributed by atoms with Gasteiger partial charge in [-0.2, -0.15) is 0 Å². The Morgan fingerprint density at radius 1 is 1.37 bits per heavy atom. The van der Waals surface area contributed by atoms with Gasteiger partial charge in [0.25, 0.3) is 0 Å². The van der Waals surface area contributed by atoms with Gasteiger partial charge in [0.1, 0.15) is 11.4 Å². The molecule has 0 spiro atoms. The van der Waals surface area contributed by atoms with Gasteiger partial charge in [-0.1, -0.05) is 19.9 Å². The number of carboxylic acids is 1. The van der Waals surface area contributed by atoms with Crippen molar-refractivity contribution in [3.63, 3.8) is 0 Å². The normalized spacial score (nSPS) is 16.9. The van der Waals surface area contributed by atoms with Crippen LogP contribution in [0.4, 0.5) is 10.1 Å². The van der Waals surface area contributed by atoms with Gasteiger partial charge in [0, 0.05) is 13.1 Å². The summed E-state index contributed by atoms with van der Waals surface area (Å²) in [7, 11) is 0. The summed E-state index contributed by atoms with van der Waals surface area (Å²) >= 11 is 0. The van der Waals surface area contributed by atoms with Gasteiger partial charge in [0.05, 0.1) is 5.69 Å². The molecule has 19 heavy (non-hydrogen) atoms. The molecule has 1 heterocycles. The molecule has 1 fully saturated rings. The molecule has 1 aliphatic heterocycles. The molecule has 1 aliphatic rings. The molecule has 1 saturated heterocycles. The fourth-order valence-electron chi connectivity index (χ4n) is 2.80. The van der Waals surface area contributed by atoms with Crippen LogP contribution < -0.4 is 4.90 Å². The summed E-state index contributed by atoms with van der Waals surface area (Å²) in [5.74, 6) is -0.526. The van der Waals surface area contributed by atoms with Gasteiger partial charge >= 0.3 is 5.97 Å². The average Bonchev–Trinajstić information content (AvgIpc) is 2.38. The number of anilines is 1. The van der Waals surface area contributed by atoms with E-state index in [9.17, 15) is 9.18 Å². The molecule has 0 aromatic heterocycles. The second kappa shape index (κ2) is 5.59. The number of rotatable bonds is 3. The molecule has 0 saturated carbocycles. The lowest BCUT2D eigenvalue weighted by molar-refractivity contribution is 0.0692. The summed E-state index contributed by atoms with van der Waals surface area (Å²) in [5, 5.41) is 9.15. The maximum atomic E-state index is 13.7. The largest absolute Gasteiger partial charge is 0.478 e. The van der Waals surface area contributed by atoms with Gasteiger partial charge in [-0.05, 0) is 36.8 Å². The molecule has 0 aliphatic carbocycles. The smallest absolute Gasteiger partial charge is 0.340 e. The fraction of sp³-hybridized carbons (Fsp3) is 0.533. The zero-order valence-corrected chi connectivity index (χ0v) is 11.4. The van der Waals surface area contributed by atoms with E-state index in [2.05, 4.69) is 13.8 Å². The Balaban J connectivity index is 2.20. The van der Waals surface area contributed by atoms with E-state index in [-0.39, 0.29) is 5.56 Å². The minimum atomic E-state index is -1.20. The third-order valence-electron chi connectivity index (χ3n) is 4.03. The number of benzene rings is 1. The molecule has 1 N–H and O–H groups in total. The predicted octanol–water partition coefficient (Wildman–Crippen LogP) is 3.40. The summed E-state index contributed by atoms with van der Waals surface area (Å²) in [6.07, 6.45) is 2.07. The van der Waals surface area contributed by atoms with Crippen molar-refractivity contribution in [2.24, 2.45) is 11.8 Å². The van der Waals surface area contributed by atoms with E-state index >= 15 is 0 Å². The number of hydrogen-bond acceptors (Lipinski definition) is 2. The van der Waals surface area contributed by atoms with Crippen LogP contribution in [0.5, 0.6) is 0 Å². The maximum absolute atomic E-state index is 13.7. The highest BCUT2D eigenvalue weighted by Crippen LogP contribution is 2.30. The van der Waals surface area contributed by atoms with Gasteiger partial charge < -0.3 is 10.0 Å². The Kier molecular flexibility index (Phi) is 4.08. The van der Waals surface area contributed by atoms with E-state index in [4.69, 9.17) is 5.11 Å². The van der Waals surface area contributed by atoms with Crippen LogP contribution in [-0.4, -0.2) is 24.2 Å². The van der Waals surface area contributed by atoms with E-state index in [1.165, 1.54) is 6.07 Å². The third-order valence-corrected chi connectivity index (χ3v) is 4.03. The molecular weight excluding hydrogens is 245 g/mol. The highest BCUT2D eigenvalue weighted by Gasteiger charge is 2.25. The maximum Gasteiger partial charge on any atom is 0.340 e. The van der Waals surface area contributed by atoms with E-state index in [1.54, 1.807) is 12.1 Å². The van der Waals surface area contributed by atoms with E-state index in [0.717, 1.165) is 25.9 Å². The van der Waals surface area contributed by atoms with Gasteiger partial charge in [0.15, 0.2) is 0 Å². The zero-order valence-electron chi connectivity index (χ0n) is 11.4. The quantitative estimate of drug-likeness (QED) is 0.910. The lowest BCUT2D eigenvalue weighted by Crippen LogP contribution is -2.36. The van der Waals surface area contributed by atoms with E-state index in [0.29, 0.717) is 17.5 Å². The number of aromatic carboxylic acids is 1. The first-order chi connectivity index (χ1) is 9.00. The first-order valence-electron chi connectivity index (χ1n) is 6.77. The molecule has 0 unspecified atom stereocenters. The second-order valence-electron chi connectivity index (χ2n) is 5.51. The highest BCUT2D eigenvalue weighted by atomic mass is 19.1. The lowest BCUT2D eigenvalue weighted by Gasteiger charge is -2.36. The van der Waals surface area contributed by atoms with Crippen LogP contribution in [0.15, 0.2) is 18.2 Å². The predicted molar refractivity (Wildman–Crippen MR) is 73.1 cm³/mol. The monoisotopic (exact) mass is 265 g/mol. The molecule has 3 nitrogen and oxygen atoms in total. The fourth-order valence-corrected chi connectivity index (χ4v) is 2.80. The first kappa shape index (κ1) is 13.8. The van der Waals surface area contributed by atoms with Crippen LogP contribution >= 0.6 is 0 Å². The minimum absolute atomic E-state index is 0.203. The van der Waals surface area contributed by atoms with Crippen LogP contribution in [-0.2, 0) is 0 Å². The molecule has 0 bridgehead atoms. The van der Waals surface area contributed by atoms with Crippen molar-refractivity contribution < 1.29 is 14.3 Å². The summed E-state index contributed by atoms with van der Waals surface area (Å²) in [6, 6.07) is 4.47. The SMILES string of the molecule is CC(C)C1CCN(c2cccc(F)c2C(=O)O)CC1. The van der Waals surface area contributed by atoms with Crippen molar-refractivity contribution >= 4 is 11.7 Å². The van der Waals surface area contributed by atoms with Crippen LogP contribution in [0, 0.1) is 17.7 Å². The van der Waals surface area contributed by atoms with Gasteiger partial charge in [-0.3, -0.25) is 0 Å². The molecule has 0 atom stereocenters. The summed E-state index contributed by atoms with van der Waals surface area (Å²) in [6.45, 7) is 6.02. The topological polar surface area (TPSA) is 40.5 Å². The number of carboxylic acid groups (broad SMARTS) is 1. The number of carbonyl (C=O) groups is 1. The van der Waals surface area contributed by atoms with Crippen LogP contribution in [0.1, 0.15) is 37.0 Å². The van der Waals surface area contributed by atoms with Gasteiger partial charge in [0.2, 0.25) is 0 Å². The highest BCUT2D eigenvalue weighted by molar-refractivity contribution is 5.94. The molecule has 0 amide bonds. The minimum Gasteiger partial charge on any atom is -0.478 e. The van der Waals surface area contributed by atoms with Crippen molar-refractivity contribution in [1.82, 2.24) is 0 Å². The van der Waals surface area contributed by atoms with Crippen molar-refractivity contribution in [3.8, 4) is 0 Å². The second-order valence-corrected chi connectivity index (χ2v) is 5.51. The summed E-state index contributed by atoms with van der Waals surface area (Å²) in [4.78, 5) is 13.2. The Hall–Kier alpha value is -1.58. The molecule has 0 radical (unpaired) electrons. The molecule has 2 rings (SSSR count). The van der Waals surface area contributed by atoms with Crippen molar-refractivity contribution in [2.45, 2.75) is 26.7 Å². The number of piperidine rings is 1. The third kappa shape index (κ3) is 2.88. The van der Waals surface area contributed by atoms with Gasteiger partial charge in [-0.15, -0.1) is 0 Å². The Morgan fingerprint density at radius 2 is 2.00 bits per heavy atom. The van der Waals surface area contributed by atoms with Crippen LogP contribution in [0.3, 0.4) is 0 Å². The Morgan fingerprint density at radius 3 is 2.53 bits per heavy atom. The number of nitrogens with zero attached hydrogens (tertiary/aromatic N) is 1. The molecule has 104 valence electrons. The molecule has 1 aromatic carbocycles. The van der Waals surface area contributed by atoms with Crippen molar-refractivity contribution in [2.75, 3.05) is 18.0 Å². The van der Waals surface area contributed by atoms with Crippen LogP contribution in [0.25, 0.3) is 0 Å². The lowest BCUT2D eigenvalue weighted by atomic mass is 9.86. The van der Waals surface area contributed by atoms with Crippen molar-refractivity contribution in [1.29, 1.82) is 0 Å². The van der Waals surface area contributed by atoms with Crippen molar-refractivity contribution in [3.05, 3.63) is 29.6 Å². The molecule has 1 aromatic rings. The Labute approximate surface area is 113 Å². The van der Waals surface area contributed by atoms with Gasteiger partial charge in [-0.25, -0.2) is 9.18 Å². The van der Waals surface area contributed by atoms with E-state index < -0.39 is 11.8 Å². The summed E-state index contributed by atoms with van der Waals surface area (Å²) in [5.41, 5.74) is 0.306. The number of hydrogen-bond donors (Lipinski definition) is 1. The van der Waals surface area contributed by atoms with Crippen LogP contribution in [0.2, 0.25) is 0 Å². The standard InChI is InChI=1S/C15H20FNO2/c1-10(2)11-6-8-17(9-7-11)13-5-3-4-12(16)14(13)15(18)19/h3-5,10-11H,6-9H2,1-2H3,(H,18,19). The molecule has 4 heteroatoms. The molecular formula is C15H20FNO2. The summed E-state index contributed by atoms with van der Waals surface area (Å²) < 4.78 is 13.7. The Bertz CT molecular complexity index is 465. The number of halogens is 1. The first-order valence-corrected chi connectivity index (χ1v) is 6.77. The zero-order chi connectivity index (χ0) is 14.0.